The summed E-state index contributed by atoms with van der Waals surface area (Å²) >= 11 is 1.36. The maximum Gasteiger partial charge on any atom is 0.234 e. The highest BCUT2D eigenvalue weighted by Gasteiger charge is 2.10. The van der Waals surface area contributed by atoms with Crippen molar-refractivity contribution >= 4 is 23.4 Å². The van der Waals surface area contributed by atoms with Crippen LogP contribution in [0.1, 0.15) is 36.7 Å². The topological polar surface area (TPSA) is 54.9 Å². The first-order valence-corrected chi connectivity index (χ1v) is 8.28. The van der Waals surface area contributed by atoms with Gasteiger partial charge in [0.25, 0.3) is 0 Å². The molecule has 5 heteroatoms. The van der Waals surface area contributed by atoms with E-state index in [-0.39, 0.29) is 5.91 Å². The minimum Gasteiger partial charge on any atom is -0.325 e. The molecule has 4 nitrogen and oxygen atoms in total. The number of thioether (sulfide) groups is 1. The largest absolute Gasteiger partial charge is 0.325 e. The van der Waals surface area contributed by atoms with E-state index in [1.165, 1.54) is 11.8 Å². The van der Waals surface area contributed by atoms with Gasteiger partial charge in [-0.15, -0.1) is 0 Å². The number of nitrogens with one attached hydrogen (secondary N) is 1. The van der Waals surface area contributed by atoms with Crippen LogP contribution in [0.15, 0.2) is 35.5 Å². The average Bonchev–Trinajstić information content (AvgIpc) is 2.44. The van der Waals surface area contributed by atoms with Crippen molar-refractivity contribution in [2.45, 2.75) is 38.8 Å². The molecular weight excluding hydrogens is 294 g/mol. The first kappa shape index (κ1) is 16.5. The van der Waals surface area contributed by atoms with Crippen LogP contribution in [-0.2, 0) is 4.79 Å². The van der Waals surface area contributed by atoms with Crippen molar-refractivity contribution in [2.75, 3.05) is 11.1 Å². The average molecular weight is 315 g/mol. The number of hydrogen-bond acceptors (Lipinski definition) is 4. The van der Waals surface area contributed by atoms with E-state index in [1.807, 2.05) is 44.2 Å². The van der Waals surface area contributed by atoms with Crippen molar-refractivity contribution in [1.82, 2.24) is 9.97 Å². The Labute approximate surface area is 135 Å². The third kappa shape index (κ3) is 4.56. The Bertz CT molecular complexity index is 650. The molecule has 2 rings (SSSR count). The lowest BCUT2D eigenvalue weighted by Crippen LogP contribution is -2.16. The fourth-order valence-corrected chi connectivity index (χ4v) is 2.94. The Morgan fingerprint density at radius 3 is 2.45 bits per heavy atom. The van der Waals surface area contributed by atoms with E-state index in [0.29, 0.717) is 16.8 Å². The monoisotopic (exact) mass is 315 g/mol. The standard InChI is InChI=1S/C17H21N3OS/c1-11(2)14-7-5-6-8-15(14)20-16(21)10-22-17-18-12(3)9-13(4)19-17/h5-9,11H,10H2,1-4H3,(H,20,21). The van der Waals surface area contributed by atoms with Crippen molar-refractivity contribution in [2.24, 2.45) is 0 Å². The van der Waals surface area contributed by atoms with Crippen molar-refractivity contribution in [1.29, 1.82) is 0 Å². The molecule has 0 radical (unpaired) electrons. The van der Waals surface area contributed by atoms with Gasteiger partial charge in [-0.25, -0.2) is 9.97 Å². The van der Waals surface area contributed by atoms with Crippen LogP contribution in [0.3, 0.4) is 0 Å². The van der Waals surface area contributed by atoms with E-state index in [0.717, 1.165) is 22.6 Å². The molecule has 0 saturated heterocycles. The second-order valence-corrected chi connectivity index (χ2v) is 6.45. The molecule has 1 N–H and O–H groups in total. The highest BCUT2D eigenvalue weighted by Crippen LogP contribution is 2.24. The third-order valence-electron chi connectivity index (χ3n) is 3.15. The number of rotatable bonds is 5. The number of amides is 1. The van der Waals surface area contributed by atoms with Crippen LogP contribution < -0.4 is 5.32 Å². The smallest absolute Gasteiger partial charge is 0.234 e. The predicted octanol–water partition coefficient (Wildman–Crippen LogP) is 3.95. The molecule has 0 aliphatic carbocycles. The van der Waals surface area contributed by atoms with Crippen LogP contribution in [0, 0.1) is 13.8 Å². The number of nitrogens with zero attached hydrogens (tertiary/aromatic N) is 2. The summed E-state index contributed by atoms with van der Waals surface area (Å²) in [7, 11) is 0. The number of aromatic nitrogens is 2. The van der Waals surface area contributed by atoms with Gasteiger partial charge in [0, 0.05) is 17.1 Å². The molecule has 1 heterocycles. The van der Waals surface area contributed by atoms with Crippen LogP contribution in [0.5, 0.6) is 0 Å². The molecule has 0 unspecified atom stereocenters. The number of anilines is 1. The van der Waals surface area contributed by atoms with Gasteiger partial charge in [-0.1, -0.05) is 43.8 Å². The van der Waals surface area contributed by atoms with Gasteiger partial charge >= 0.3 is 0 Å². The van der Waals surface area contributed by atoms with Gasteiger partial charge in [-0.05, 0) is 37.5 Å². The zero-order valence-electron chi connectivity index (χ0n) is 13.4. The van der Waals surface area contributed by atoms with E-state index in [1.54, 1.807) is 0 Å². The summed E-state index contributed by atoms with van der Waals surface area (Å²) < 4.78 is 0. The number of benzene rings is 1. The summed E-state index contributed by atoms with van der Waals surface area (Å²) in [5.41, 5.74) is 3.86. The summed E-state index contributed by atoms with van der Waals surface area (Å²) in [4.78, 5) is 20.8. The van der Waals surface area contributed by atoms with E-state index < -0.39 is 0 Å². The maximum atomic E-state index is 12.1. The molecule has 1 aromatic carbocycles. The predicted molar refractivity (Wildman–Crippen MR) is 91.4 cm³/mol. The summed E-state index contributed by atoms with van der Waals surface area (Å²) in [6.07, 6.45) is 0. The number of hydrogen-bond donors (Lipinski definition) is 1. The lowest BCUT2D eigenvalue weighted by molar-refractivity contribution is -0.113. The molecule has 0 atom stereocenters. The van der Waals surface area contributed by atoms with E-state index >= 15 is 0 Å². The number of carbonyl (C=O) groups excluding carboxylic acids is 1. The Kier molecular flexibility index (Phi) is 5.55. The summed E-state index contributed by atoms with van der Waals surface area (Å²) in [6.45, 7) is 8.08. The molecule has 0 fully saturated rings. The molecular formula is C17H21N3OS. The Balaban J connectivity index is 1.99. The molecule has 2 aromatic rings. The number of para-hydroxylation sites is 1. The second kappa shape index (κ2) is 7.40. The Morgan fingerprint density at radius 2 is 1.82 bits per heavy atom. The van der Waals surface area contributed by atoms with Gasteiger partial charge in [0.15, 0.2) is 5.16 Å². The summed E-state index contributed by atoms with van der Waals surface area (Å²) in [6, 6.07) is 9.82. The zero-order chi connectivity index (χ0) is 16.1. The van der Waals surface area contributed by atoms with Crippen LogP contribution in [0.4, 0.5) is 5.69 Å². The first-order chi connectivity index (χ1) is 10.5. The fourth-order valence-electron chi connectivity index (χ4n) is 2.19. The number of aryl methyl sites for hydroxylation is 2. The first-order valence-electron chi connectivity index (χ1n) is 7.29. The SMILES string of the molecule is Cc1cc(C)nc(SCC(=O)Nc2ccccc2C(C)C)n1. The molecule has 116 valence electrons. The van der Waals surface area contributed by atoms with Gasteiger partial charge in [0.05, 0.1) is 5.75 Å². The van der Waals surface area contributed by atoms with Crippen molar-refractivity contribution in [3.8, 4) is 0 Å². The fraction of sp³-hybridized carbons (Fsp3) is 0.353. The molecule has 0 aliphatic rings. The molecule has 0 saturated carbocycles. The van der Waals surface area contributed by atoms with Crippen LogP contribution in [-0.4, -0.2) is 21.6 Å². The lowest BCUT2D eigenvalue weighted by atomic mass is 10.0. The third-order valence-corrected chi connectivity index (χ3v) is 4.00. The molecule has 0 aliphatic heterocycles. The highest BCUT2D eigenvalue weighted by atomic mass is 32.2. The molecule has 22 heavy (non-hydrogen) atoms. The van der Waals surface area contributed by atoms with Crippen LogP contribution in [0.2, 0.25) is 0 Å². The zero-order valence-corrected chi connectivity index (χ0v) is 14.2. The number of carbonyl (C=O) groups is 1. The molecule has 1 aromatic heterocycles. The van der Waals surface area contributed by atoms with E-state index in [2.05, 4.69) is 29.1 Å². The molecule has 1 amide bonds. The lowest BCUT2D eigenvalue weighted by Gasteiger charge is -2.13. The highest BCUT2D eigenvalue weighted by molar-refractivity contribution is 7.99. The summed E-state index contributed by atoms with van der Waals surface area (Å²) in [5, 5.41) is 3.62. The van der Waals surface area contributed by atoms with Crippen LogP contribution >= 0.6 is 11.8 Å². The van der Waals surface area contributed by atoms with E-state index in [9.17, 15) is 4.79 Å². The quantitative estimate of drug-likeness (QED) is 0.670. The van der Waals surface area contributed by atoms with Gasteiger partial charge < -0.3 is 5.32 Å². The van der Waals surface area contributed by atoms with Crippen molar-refractivity contribution in [3.63, 3.8) is 0 Å². The normalized spacial score (nSPS) is 10.8. The van der Waals surface area contributed by atoms with E-state index in [4.69, 9.17) is 0 Å². The minimum atomic E-state index is -0.0409. The Morgan fingerprint density at radius 1 is 1.18 bits per heavy atom. The second-order valence-electron chi connectivity index (χ2n) is 5.51. The van der Waals surface area contributed by atoms with Crippen molar-refractivity contribution in [3.05, 3.63) is 47.3 Å². The Hall–Kier alpha value is -1.88. The van der Waals surface area contributed by atoms with Gasteiger partial charge in [0.1, 0.15) is 0 Å². The van der Waals surface area contributed by atoms with Crippen LogP contribution in [0.25, 0.3) is 0 Å². The minimum absolute atomic E-state index is 0.0409. The molecule has 0 bridgehead atoms. The molecule has 0 spiro atoms. The maximum absolute atomic E-state index is 12.1. The summed E-state index contributed by atoms with van der Waals surface area (Å²) in [5.74, 6) is 0.628. The van der Waals surface area contributed by atoms with Crippen molar-refractivity contribution < 1.29 is 4.79 Å². The van der Waals surface area contributed by atoms with Gasteiger partial charge in [-0.3, -0.25) is 4.79 Å². The van der Waals surface area contributed by atoms with Gasteiger partial charge in [-0.2, -0.15) is 0 Å². The van der Waals surface area contributed by atoms with Gasteiger partial charge in [0.2, 0.25) is 5.91 Å².